The number of rotatable bonds is 9. The lowest BCUT2D eigenvalue weighted by atomic mass is 9.69. The van der Waals surface area contributed by atoms with Crippen molar-refractivity contribution in [3.63, 3.8) is 0 Å². The van der Waals surface area contributed by atoms with Gasteiger partial charge < -0.3 is 14.2 Å². The van der Waals surface area contributed by atoms with Crippen molar-refractivity contribution in [3.05, 3.63) is 42.0 Å². The Labute approximate surface area is 220 Å². The van der Waals surface area contributed by atoms with Gasteiger partial charge in [-0.3, -0.25) is 0 Å². The second kappa shape index (κ2) is 9.38. The molecule has 0 N–H and O–H groups in total. The van der Waals surface area contributed by atoms with Crippen LogP contribution in [0.3, 0.4) is 0 Å². The molecule has 0 amide bonds. The highest BCUT2D eigenvalue weighted by atomic mass is 79.9. The fourth-order valence-corrected chi connectivity index (χ4v) is 3.59. The van der Waals surface area contributed by atoms with Crippen LogP contribution in [0, 0.1) is 6.92 Å². The molecular weight excluding hydrogens is 662 g/mol. The van der Waals surface area contributed by atoms with Gasteiger partial charge in [0.2, 0.25) is 0 Å². The van der Waals surface area contributed by atoms with E-state index in [1.54, 1.807) is 0 Å². The van der Waals surface area contributed by atoms with E-state index in [-0.39, 0.29) is 29.4 Å². The SMILES string of the molecule is Cc1ccc(-c2ccc(OC3(F)C(C)(F)C(F)(F)C3(F)F)c(OCC(F)(F)Br)c2)cc1OC(F)(F)CBr. The average Bonchev–Trinajstić information content (AvgIpc) is 2.78. The Hall–Kier alpha value is -1.90. The quantitative estimate of drug-likeness (QED) is 0.197. The number of alkyl halides is 12. The van der Waals surface area contributed by atoms with Crippen LogP contribution in [0.4, 0.5) is 43.9 Å². The molecule has 1 saturated carbocycles. The van der Waals surface area contributed by atoms with Crippen molar-refractivity contribution < 1.29 is 58.1 Å². The Morgan fingerprint density at radius 3 is 1.86 bits per heavy atom. The van der Waals surface area contributed by atoms with Crippen LogP contribution in [0.15, 0.2) is 36.4 Å². The Balaban J connectivity index is 2.04. The van der Waals surface area contributed by atoms with E-state index >= 15 is 0 Å². The molecule has 2 aromatic rings. The molecule has 0 spiro atoms. The van der Waals surface area contributed by atoms with Gasteiger partial charge in [-0.1, -0.05) is 34.1 Å². The summed E-state index contributed by atoms with van der Waals surface area (Å²) in [5.41, 5.74) is -4.06. The molecule has 2 aromatic carbocycles. The Morgan fingerprint density at radius 2 is 1.35 bits per heavy atom. The van der Waals surface area contributed by atoms with E-state index in [2.05, 4.69) is 25.4 Å². The molecular formula is C22H16Br2F10O3. The summed E-state index contributed by atoms with van der Waals surface area (Å²) in [5.74, 6) is -18.2. The third-order valence-electron chi connectivity index (χ3n) is 5.51. The molecule has 0 aliphatic heterocycles. The molecule has 15 heteroatoms. The summed E-state index contributed by atoms with van der Waals surface area (Å²) in [6, 6.07) is 6.48. The second-order valence-electron chi connectivity index (χ2n) is 8.27. The first-order valence-electron chi connectivity index (χ1n) is 10.1. The third kappa shape index (κ3) is 5.09. The minimum absolute atomic E-state index is 0.0221. The summed E-state index contributed by atoms with van der Waals surface area (Å²) in [6.07, 6.45) is -3.60. The second-order valence-corrected chi connectivity index (χ2v) is 9.99. The lowest BCUT2D eigenvalue weighted by Gasteiger charge is -2.55. The van der Waals surface area contributed by atoms with Crippen LogP contribution in [0.2, 0.25) is 0 Å². The van der Waals surface area contributed by atoms with Gasteiger partial charge in [-0.05, 0) is 64.7 Å². The predicted molar refractivity (Wildman–Crippen MR) is 119 cm³/mol. The lowest BCUT2D eigenvalue weighted by Crippen LogP contribution is -2.86. The van der Waals surface area contributed by atoms with Crippen LogP contribution in [-0.2, 0) is 0 Å². The van der Waals surface area contributed by atoms with Crippen molar-refractivity contribution in [2.45, 2.75) is 48.2 Å². The molecule has 2 atom stereocenters. The predicted octanol–water partition coefficient (Wildman–Crippen LogP) is 8.45. The highest BCUT2D eigenvalue weighted by Gasteiger charge is 2.98. The number of ether oxygens (including phenoxy) is 3. The number of hydrogen-bond acceptors (Lipinski definition) is 3. The fraction of sp³-hybridized carbons (Fsp3) is 0.455. The summed E-state index contributed by atoms with van der Waals surface area (Å²) in [5, 5.41) is -0.837. The molecule has 2 unspecified atom stereocenters. The van der Waals surface area contributed by atoms with Gasteiger partial charge in [0.25, 0.3) is 5.67 Å². The van der Waals surface area contributed by atoms with Crippen LogP contribution in [-0.4, -0.2) is 46.2 Å². The molecule has 3 rings (SSSR count). The first-order valence-corrected chi connectivity index (χ1v) is 12.0. The maximum absolute atomic E-state index is 14.9. The zero-order valence-electron chi connectivity index (χ0n) is 18.6. The average molecular weight is 678 g/mol. The van der Waals surface area contributed by atoms with Gasteiger partial charge in [0.15, 0.2) is 18.1 Å². The Morgan fingerprint density at radius 1 is 0.811 bits per heavy atom. The zero-order valence-corrected chi connectivity index (χ0v) is 21.8. The number of hydrogen-bond donors (Lipinski definition) is 0. The van der Waals surface area contributed by atoms with Gasteiger partial charge in [-0.25, -0.2) is 4.39 Å². The van der Waals surface area contributed by atoms with E-state index in [1.807, 2.05) is 15.9 Å². The van der Waals surface area contributed by atoms with Gasteiger partial charge in [0.1, 0.15) is 11.1 Å². The van der Waals surface area contributed by atoms with Crippen molar-refractivity contribution in [2.24, 2.45) is 0 Å². The van der Waals surface area contributed by atoms with Crippen LogP contribution < -0.4 is 14.2 Å². The summed E-state index contributed by atoms with van der Waals surface area (Å²) in [4.78, 5) is -3.68. The van der Waals surface area contributed by atoms with E-state index in [0.29, 0.717) is 6.07 Å². The van der Waals surface area contributed by atoms with Crippen molar-refractivity contribution in [1.29, 1.82) is 0 Å². The monoisotopic (exact) mass is 676 g/mol. The van der Waals surface area contributed by atoms with Gasteiger partial charge in [0, 0.05) is 0 Å². The summed E-state index contributed by atoms with van der Waals surface area (Å²) < 4.78 is 152. The van der Waals surface area contributed by atoms with Crippen LogP contribution in [0.1, 0.15) is 12.5 Å². The topological polar surface area (TPSA) is 27.7 Å². The normalized spacial score (nSPS) is 24.8. The first kappa shape index (κ1) is 29.7. The van der Waals surface area contributed by atoms with E-state index in [4.69, 9.17) is 4.74 Å². The smallest absolute Gasteiger partial charge is 0.407 e. The zero-order chi connectivity index (χ0) is 28.2. The minimum atomic E-state index is -5.62. The van der Waals surface area contributed by atoms with Crippen molar-refractivity contribution in [2.75, 3.05) is 11.9 Å². The van der Waals surface area contributed by atoms with E-state index in [0.717, 1.165) is 18.2 Å². The maximum atomic E-state index is 14.9. The number of aryl methyl sites for hydroxylation is 1. The lowest BCUT2D eigenvalue weighted by molar-refractivity contribution is -0.480. The van der Waals surface area contributed by atoms with Crippen molar-refractivity contribution >= 4 is 31.9 Å². The molecule has 0 bridgehead atoms. The fourth-order valence-electron chi connectivity index (χ4n) is 3.36. The van der Waals surface area contributed by atoms with E-state index < -0.39 is 57.7 Å². The highest BCUT2D eigenvalue weighted by Crippen LogP contribution is 2.68. The van der Waals surface area contributed by atoms with Gasteiger partial charge >= 0.3 is 28.6 Å². The highest BCUT2D eigenvalue weighted by molar-refractivity contribution is 9.10. The number of halogens is 12. The molecule has 37 heavy (non-hydrogen) atoms. The minimum Gasteiger partial charge on any atom is -0.482 e. The van der Waals surface area contributed by atoms with Gasteiger partial charge in [-0.2, -0.15) is 39.5 Å². The van der Waals surface area contributed by atoms with E-state index in [9.17, 15) is 43.9 Å². The molecule has 0 saturated heterocycles. The van der Waals surface area contributed by atoms with Crippen LogP contribution >= 0.6 is 31.9 Å². The third-order valence-corrected chi connectivity index (χ3v) is 6.40. The summed E-state index contributed by atoms with van der Waals surface area (Å²) >= 11 is 4.57. The van der Waals surface area contributed by atoms with Crippen LogP contribution in [0.25, 0.3) is 11.1 Å². The van der Waals surface area contributed by atoms with E-state index in [1.165, 1.54) is 19.1 Å². The van der Waals surface area contributed by atoms with Gasteiger partial charge in [0.05, 0.1) is 0 Å². The standard InChI is InChI=1S/C22H16Br2F10O3/c1-11-3-4-12(7-15(11)36-19(28,29)9-23)13-5-6-14(16(8-13)35-10-18(24,26)27)37-22(34)17(2,25)20(30,31)21(22,32)33/h3-8H,9-10H2,1-2H3. The van der Waals surface area contributed by atoms with Gasteiger partial charge in [-0.15, -0.1) is 0 Å². The number of benzene rings is 2. The van der Waals surface area contributed by atoms with Crippen molar-refractivity contribution in [3.8, 4) is 28.4 Å². The molecule has 1 fully saturated rings. The molecule has 0 aromatic heterocycles. The molecule has 3 nitrogen and oxygen atoms in total. The maximum Gasteiger partial charge on any atom is 0.407 e. The first-order chi connectivity index (χ1) is 16.7. The summed E-state index contributed by atoms with van der Waals surface area (Å²) in [6.45, 7) is -0.149. The summed E-state index contributed by atoms with van der Waals surface area (Å²) in [7, 11) is 0. The molecule has 0 heterocycles. The Bertz CT molecular complexity index is 1150. The molecule has 206 valence electrons. The molecule has 1 aliphatic rings. The van der Waals surface area contributed by atoms with Crippen LogP contribution in [0.5, 0.6) is 17.2 Å². The van der Waals surface area contributed by atoms with Crippen molar-refractivity contribution in [1.82, 2.24) is 0 Å². The largest absolute Gasteiger partial charge is 0.482 e. The Kier molecular flexibility index (Phi) is 7.52. The molecule has 0 radical (unpaired) electrons. The molecule has 1 aliphatic carbocycles.